The van der Waals surface area contributed by atoms with E-state index in [1.54, 1.807) is 22.1 Å². The number of ether oxygens (including phenoxy) is 1. The molecule has 4 heterocycles. The summed E-state index contributed by atoms with van der Waals surface area (Å²) in [6, 6.07) is 2.74. The molecule has 1 fully saturated rings. The minimum Gasteiger partial charge on any atom is -0.388 e. The van der Waals surface area contributed by atoms with Crippen molar-refractivity contribution in [1.82, 2.24) is 24.8 Å². The number of imidazole rings is 1. The Bertz CT molecular complexity index is 946. The first-order chi connectivity index (χ1) is 13.0. The standard InChI is InChI=1S/C16H18N6O4S/c17-14-11-15(19-6-18-14)20-7-22(11)4-9-13(24)12(23)8(5-26-9)21-16(25)10-2-1-3-27-10/h1-3,6-9,12-13,23-24H,4-5H2,(H,21,25)(H2,17,18,19)/t8-,9-,12+,13-/m1/s1. The number of nitrogens with two attached hydrogens (primary N) is 1. The van der Waals surface area contributed by atoms with E-state index in [4.69, 9.17) is 10.5 Å². The Labute approximate surface area is 157 Å². The summed E-state index contributed by atoms with van der Waals surface area (Å²) in [4.78, 5) is 24.8. The number of nitrogens with zero attached hydrogens (tertiary/aromatic N) is 4. The maximum Gasteiger partial charge on any atom is 0.261 e. The van der Waals surface area contributed by atoms with E-state index in [0.717, 1.165) is 0 Å². The zero-order valence-electron chi connectivity index (χ0n) is 14.1. The molecule has 5 N–H and O–H groups in total. The summed E-state index contributed by atoms with van der Waals surface area (Å²) in [5.41, 5.74) is 6.86. The number of amides is 1. The van der Waals surface area contributed by atoms with E-state index in [2.05, 4.69) is 20.3 Å². The Morgan fingerprint density at radius 2 is 2.22 bits per heavy atom. The van der Waals surface area contributed by atoms with Gasteiger partial charge in [0.2, 0.25) is 0 Å². The van der Waals surface area contributed by atoms with Crippen LogP contribution in [0.4, 0.5) is 5.82 Å². The van der Waals surface area contributed by atoms with Crippen LogP contribution in [0.2, 0.25) is 0 Å². The third-order valence-electron chi connectivity index (χ3n) is 4.51. The number of aliphatic hydroxyl groups is 2. The molecule has 4 atom stereocenters. The summed E-state index contributed by atoms with van der Waals surface area (Å²) in [5, 5.41) is 25.4. The number of aromatic nitrogens is 4. The Morgan fingerprint density at radius 3 is 3.00 bits per heavy atom. The lowest BCUT2D eigenvalue weighted by Gasteiger charge is -2.38. The van der Waals surface area contributed by atoms with Crippen molar-refractivity contribution in [3.63, 3.8) is 0 Å². The highest BCUT2D eigenvalue weighted by Crippen LogP contribution is 2.21. The maximum atomic E-state index is 12.2. The Morgan fingerprint density at radius 1 is 1.37 bits per heavy atom. The maximum absolute atomic E-state index is 12.2. The summed E-state index contributed by atoms with van der Waals surface area (Å²) in [6.07, 6.45) is -0.215. The Hall–Kier alpha value is -2.60. The van der Waals surface area contributed by atoms with Crippen molar-refractivity contribution in [2.24, 2.45) is 0 Å². The number of nitrogens with one attached hydrogen (secondary N) is 1. The average molecular weight is 390 g/mol. The van der Waals surface area contributed by atoms with E-state index in [9.17, 15) is 15.0 Å². The van der Waals surface area contributed by atoms with Crippen LogP contribution in [-0.4, -0.2) is 66.6 Å². The van der Waals surface area contributed by atoms with Gasteiger partial charge in [-0.15, -0.1) is 11.3 Å². The van der Waals surface area contributed by atoms with Crippen LogP contribution in [0.1, 0.15) is 9.67 Å². The van der Waals surface area contributed by atoms with Crippen LogP contribution in [0.5, 0.6) is 0 Å². The van der Waals surface area contributed by atoms with Crippen molar-refractivity contribution >= 4 is 34.2 Å². The van der Waals surface area contributed by atoms with Crippen molar-refractivity contribution in [2.75, 3.05) is 12.3 Å². The van der Waals surface area contributed by atoms with Crippen molar-refractivity contribution in [2.45, 2.75) is 30.9 Å². The van der Waals surface area contributed by atoms with E-state index in [-0.39, 0.29) is 24.9 Å². The first-order valence-electron chi connectivity index (χ1n) is 8.28. The zero-order valence-corrected chi connectivity index (χ0v) is 14.9. The lowest BCUT2D eigenvalue weighted by molar-refractivity contribution is -0.152. The van der Waals surface area contributed by atoms with E-state index in [0.29, 0.717) is 16.0 Å². The van der Waals surface area contributed by atoms with Crippen LogP contribution in [0, 0.1) is 0 Å². The molecule has 1 saturated heterocycles. The average Bonchev–Trinajstić information content (AvgIpc) is 3.32. The second-order valence-electron chi connectivity index (χ2n) is 6.24. The molecule has 0 unspecified atom stereocenters. The molecule has 10 nitrogen and oxygen atoms in total. The molecule has 0 saturated carbocycles. The molecule has 11 heteroatoms. The molecule has 4 rings (SSSR count). The smallest absolute Gasteiger partial charge is 0.261 e. The van der Waals surface area contributed by atoms with Crippen LogP contribution in [-0.2, 0) is 11.3 Å². The highest BCUT2D eigenvalue weighted by molar-refractivity contribution is 7.12. The SMILES string of the molecule is Nc1ncnc2ncn(C[C@H]3OC[C@@H](NC(=O)c4cccs4)[C@H](O)[C@@H]3O)c12. The van der Waals surface area contributed by atoms with Crippen molar-refractivity contribution in [3.05, 3.63) is 35.0 Å². The summed E-state index contributed by atoms with van der Waals surface area (Å²) in [7, 11) is 0. The molecular formula is C16H18N6O4S. The third-order valence-corrected chi connectivity index (χ3v) is 5.38. The number of anilines is 1. The molecular weight excluding hydrogens is 372 g/mol. The topological polar surface area (TPSA) is 148 Å². The first-order valence-corrected chi connectivity index (χ1v) is 9.16. The quantitative estimate of drug-likeness (QED) is 0.461. The van der Waals surface area contributed by atoms with Gasteiger partial charge in [-0.3, -0.25) is 4.79 Å². The van der Waals surface area contributed by atoms with Gasteiger partial charge in [0.25, 0.3) is 5.91 Å². The van der Waals surface area contributed by atoms with Gasteiger partial charge in [0.05, 0.1) is 30.4 Å². The molecule has 142 valence electrons. The van der Waals surface area contributed by atoms with Crippen LogP contribution in [0.25, 0.3) is 11.2 Å². The van der Waals surface area contributed by atoms with Crippen molar-refractivity contribution < 1.29 is 19.7 Å². The number of rotatable bonds is 4. The monoisotopic (exact) mass is 390 g/mol. The minimum atomic E-state index is -1.20. The largest absolute Gasteiger partial charge is 0.388 e. The molecule has 1 amide bonds. The molecule has 0 bridgehead atoms. The van der Waals surface area contributed by atoms with E-state index < -0.39 is 24.4 Å². The summed E-state index contributed by atoms with van der Waals surface area (Å²) < 4.78 is 7.38. The van der Waals surface area contributed by atoms with Gasteiger partial charge in [0.15, 0.2) is 11.5 Å². The second-order valence-corrected chi connectivity index (χ2v) is 7.19. The fraction of sp³-hybridized carbons (Fsp3) is 0.375. The highest BCUT2D eigenvalue weighted by atomic mass is 32.1. The molecule has 1 aliphatic rings. The first kappa shape index (κ1) is 17.8. The predicted octanol–water partition coefficient (Wildman–Crippen LogP) is -0.611. The van der Waals surface area contributed by atoms with Crippen LogP contribution >= 0.6 is 11.3 Å². The fourth-order valence-electron chi connectivity index (χ4n) is 3.08. The normalized spacial score (nSPS) is 25.6. The number of fused-ring (bicyclic) bond motifs is 1. The number of nitrogen functional groups attached to an aromatic ring is 1. The molecule has 0 radical (unpaired) electrons. The fourth-order valence-corrected chi connectivity index (χ4v) is 3.71. The molecule has 1 aliphatic heterocycles. The van der Waals surface area contributed by atoms with E-state index >= 15 is 0 Å². The molecule has 0 aliphatic carbocycles. The summed E-state index contributed by atoms with van der Waals surface area (Å²) >= 11 is 1.30. The molecule has 3 aromatic heterocycles. The lowest BCUT2D eigenvalue weighted by atomic mass is 9.97. The molecule has 0 spiro atoms. The minimum absolute atomic E-state index is 0.0681. The Balaban J connectivity index is 1.45. The summed E-state index contributed by atoms with van der Waals surface area (Å²) in [5.74, 6) is -0.0433. The highest BCUT2D eigenvalue weighted by Gasteiger charge is 2.39. The molecule has 3 aromatic rings. The van der Waals surface area contributed by atoms with Gasteiger partial charge >= 0.3 is 0 Å². The van der Waals surface area contributed by atoms with Gasteiger partial charge in [-0.05, 0) is 11.4 Å². The van der Waals surface area contributed by atoms with Crippen molar-refractivity contribution in [1.29, 1.82) is 0 Å². The van der Waals surface area contributed by atoms with Gasteiger partial charge < -0.3 is 30.6 Å². The number of thiophene rings is 1. The number of hydrogen-bond acceptors (Lipinski definition) is 9. The van der Waals surface area contributed by atoms with Crippen LogP contribution in [0.15, 0.2) is 30.2 Å². The predicted molar refractivity (Wildman–Crippen MR) is 97.1 cm³/mol. The van der Waals surface area contributed by atoms with E-state index in [1.165, 1.54) is 24.0 Å². The molecule has 27 heavy (non-hydrogen) atoms. The number of carbonyl (C=O) groups excluding carboxylic acids is 1. The number of hydrogen-bond donors (Lipinski definition) is 4. The second kappa shape index (κ2) is 7.19. The zero-order chi connectivity index (χ0) is 19.0. The summed E-state index contributed by atoms with van der Waals surface area (Å²) in [6.45, 7) is 0.274. The number of aliphatic hydroxyl groups excluding tert-OH is 2. The molecule has 0 aromatic carbocycles. The van der Waals surface area contributed by atoms with Crippen LogP contribution in [0.3, 0.4) is 0 Å². The van der Waals surface area contributed by atoms with Gasteiger partial charge in [-0.1, -0.05) is 6.07 Å². The van der Waals surface area contributed by atoms with Crippen molar-refractivity contribution in [3.8, 4) is 0 Å². The van der Waals surface area contributed by atoms with Gasteiger partial charge in [0.1, 0.15) is 30.2 Å². The number of carbonyl (C=O) groups is 1. The van der Waals surface area contributed by atoms with Gasteiger partial charge in [-0.2, -0.15) is 0 Å². The Kier molecular flexibility index (Phi) is 4.74. The van der Waals surface area contributed by atoms with Crippen LogP contribution < -0.4 is 11.1 Å². The van der Waals surface area contributed by atoms with Gasteiger partial charge in [0, 0.05) is 0 Å². The van der Waals surface area contributed by atoms with E-state index in [1.807, 2.05) is 0 Å². The third kappa shape index (κ3) is 3.37. The van der Waals surface area contributed by atoms with Gasteiger partial charge in [-0.25, -0.2) is 15.0 Å². The lowest BCUT2D eigenvalue weighted by Crippen LogP contribution is -2.59.